The number of aryl methyl sites for hydroxylation is 1. The average Bonchev–Trinajstić information content (AvgIpc) is 2.84. The number of aromatic nitrogens is 3. The zero-order valence-electron chi connectivity index (χ0n) is 17.8. The predicted octanol–water partition coefficient (Wildman–Crippen LogP) is 2.41. The van der Waals surface area contributed by atoms with Gasteiger partial charge >= 0.3 is 0 Å². The molecule has 164 valence electrons. The highest BCUT2D eigenvalue weighted by atomic mass is 16.6. The second-order valence-corrected chi connectivity index (χ2v) is 7.80. The Morgan fingerprint density at radius 1 is 1.00 bits per heavy atom. The van der Waals surface area contributed by atoms with Crippen LogP contribution in [-0.4, -0.2) is 64.9 Å². The molecular weight excluding hydrogens is 408 g/mol. The number of nitrogens with zero attached hydrogens (tertiary/aromatic N) is 5. The molecule has 5 rings (SSSR count). The van der Waals surface area contributed by atoms with Crippen LogP contribution in [0, 0.1) is 6.92 Å². The fraction of sp³-hybridized carbons (Fsp3) is 0.304. The van der Waals surface area contributed by atoms with Crippen LogP contribution >= 0.6 is 0 Å². The Morgan fingerprint density at radius 3 is 2.56 bits per heavy atom. The van der Waals surface area contributed by atoms with Gasteiger partial charge in [-0.15, -0.1) is 10.2 Å². The molecule has 9 nitrogen and oxygen atoms in total. The Hall–Kier alpha value is -3.88. The van der Waals surface area contributed by atoms with Crippen LogP contribution in [-0.2, 0) is 4.79 Å². The lowest BCUT2D eigenvalue weighted by molar-refractivity contribution is -0.141. The Bertz CT molecular complexity index is 1100. The van der Waals surface area contributed by atoms with Crippen molar-refractivity contribution < 1.29 is 14.3 Å². The van der Waals surface area contributed by atoms with Gasteiger partial charge < -0.3 is 24.6 Å². The molecule has 1 amide bonds. The number of rotatable bonds is 4. The quantitative estimate of drug-likeness (QED) is 0.672. The SMILES string of the molecule is Cc1ccnc(Nc2ccc(N3CCN(C(=O)C4COc5ccccc5O4)CC3)nn2)c1. The van der Waals surface area contributed by atoms with E-state index in [1.54, 1.807) is 6.20 Å². The number of amides is 1. The van der Waals surface area contributed by atoms with E-state index < -0.39 is 6.10 Å². The third kappa shape index (κ3) is 4.27. The number of pyridine rings is 1. The molecule has 9 heteroatoms. The Kier molecular flexibility index (Phi) is 5.45. The number of carbonyl (C=O) groups is 1. The van der Waals surface area contributed by atoms with Crippen molar-refractivity contribution in [2.45, 2.75) is 13.0 Å². The highest BCUT2D eigenvalue weighted by Gasteiger charge is 2.32. The second-order valence-electron chi connectivity index (χ2n) is 7.80. The van der Waals surface area contributed by atoms with Gasteiger partial charge in [-0.05, 0) is 48.9 Å². The first-order valence-corrected chi connectivity index (χ1v) is 10.6. The van der Waals surface area contributed by atoms with E-state index in [9.17, 15) is 4.79 Å². The number of hydrogen-bond acceptors (Lipinski definition) is 8. The first-order chi connectivity index (χ1) is 15.7. The number of para-hydroxylation sites is 2. The molecule has 2 aliphatic heterocycles. The molecule has 32 heavy (non-hydrogen) atoms. The smallest absolute Gasteiger partial charge is 0.267 e. The Balaban J connectivity index is 1.16. The minimum atomic E-state index is -0.614. The van der Waals surface area contributed by atoms with Gasteiger partial charge in [-0.2, -0.15) is 0 Å². The summed E-state index contributed by atoms with van der Waals surface area (Å²) in [5, 5.41) is 11.8. The fourth-order valence-electron chi connectivity index (χ4n) is 3.80. The molecule has 1 saturated heterocycles. The van der Waals surface area contributed by atoms with E-state index in [1.165, 1.54) is 0 Å². The molecule has 1 unspecified atom stereocenters. The number of fused-ring (bicyclic) bond motifs is 1. The first-order valence-electron chi connectivity index (χ1n) is 10.6. The minimum absolute atomic E-state index is 0.0459. The van der Waals surface area contributed by atoms with Crippen LogP contribution in [0.15, 0.2) is 54.7 Å². The lowest BCUT2D eigenvalue weighted by Gasteiger charge is -2.37. The van der Waals surface area contributed by atoms with E-state index in [1.807, 2.05) is 60.4 Å². The predicted molar refractivity (Wildman–Crippen MR) is 119 cm³/mol. The lowest BCUT2D eigenvalue weighted by Crippen LogP contribution is -2.54. The van der Waals surface area contributed by atoms with Gasteiger partial charge in [0.25, 0.3) is 5.91 Å². The Labute approximate surface area is 186 Å². The van der Waals surface area contributed by atoms with Crippen molar-refractivity contribution >= 4 is 23.4 Å². The number of anilines is 3. The summed E-state index contributed by atoms with van der Waals surface area (Å²) >= 11 is 0. The number of benzene rings is 1. The minimum Gasteiger partial charge on any atom is -0.485 e. The summed E-state index contributed by atoms with van der Waals surface area (Å²) in [6, 6.07) is 15.1. The zero-order chi connectivity index (χ0) is 21.9. The molecule has 0 spiro atoms. The number of carbonyl (C=O) groups excluding carboxylic acids is 1. The number of ether oxygens (including phenoxy) is 2. The highest BCUT2D eigenvalue weighted by Crippen LogP contribution is 2.31. The van der Waals surface area contributed by atoms with Gasteiger partial charge in [0.2, 0.25) is 6.10 Å². The molecule has 4 heterocycles. The molecule has 3 aromatic rings. The van der Waals surface area contributed by atoms with Gasteiger partial charge in [0.15, 0.2) is 23.1 Å². The average molecular weight is 432 g/mol. The van der Waals surface area contributed by atoms with Gasteiger partial charge in [0.1, 0.15) is 12.4 Å². The molecular formula is C23H24N6O3. The lowest BCUT2D eigenvalue weighted by atomic mass is 10.2. The van der Waals surface area contributed by atoms with Crippen molar-refractivity contribution in [2.24, 2.45) is 0 Å². The summed E-state index contributed by atoms with van der Waals surface area (Å²) in [4.78, 5) is 21.1. The van der Waals surface area contributed by atoms with Crippen LogP contribution in [0.4, 0.5) is 17.5 Å². The van der Waals surface area contributed by atoms with E-state index in [-0.39, 0.29) is 12.5 Å². The van der Waals surface area contributed by atoms with Crippen molar-refractivity contribution in [1.29, 1.82) is 0 Å². The van der Waals surface area contributed by atoms with Crippen LogP contribution < -0.4 is 19.7 Å². The van der Waals surface area contributed by atoms with Gasteiger partial charge in [0.05, 0.1) is 0 Å². The normalized spacial score (nSPS) is 17.7. The summed E-state index contributed by atoms with van der Waals surface area (Å²) in [6.45, 7) is 4.78. The van der Waals surface area contributed by atoms with Gasteiger partial charge in [0, 0.05) is 32.4 Å². The van der Waals surface area contributed by atoms with E-state index in [2.05, 4.69) is 25.4 Å². The van der Waals surface area contributed by atoms with Crippen molar-refractivity contribution in [1.82, 2.24) is 20.1 Å². The van der Waals surface area contributed by atoms with Gasteiger partial charge in [-0.25, -0.2) is 4.98 Å². The molecule has 1 atom stereocenters. The standard InChI is InChI=1S/C23H24N6O3/c1-16-8-9-24-21(14-16)25-20-6-7-22(27-26-20)28-10-12-29(13-11-28)23(30)19-15-31-17-4-2-3-5-18(17)32-19/h2-9,14,19H,10-13,15H2,1H3,(H,24,25,26). The van der Waals surface area contributed by atoms with Crippen molar-refractivity contribution in [3.05, 3.63) is 60.3 Å². The van der Waals surface area contributed by atoms with E-state index in [4.69, 9.17) is 9.47 Å². The third-order valence-electron chi connectivity index (χ3n) is 5.52. The van der Waals surface area contributed by atoms with Crippen molar-refractivity contribution in [3.8, 4) is 11.5 Å². The van der Waals surface area contributed by atoms with Crippen LogP contribution in [0.2, 0.25) is 0 Å². The first kappa shape index (κ1) is 20.0. The summed E-state index contributed by atoms with van der Waals surface area (Å²) in [6.07, 6.45) is 1.14. The number of hydrogen-bond donors (Lipinski definition) is 1. The summed E-state index contributed by atoms with van der Waals surface area (Å²) in [5.41, 5.74) is 1.12. The van der Waals surface area contributed by atoms with E-state index in [0.29, 0.717) is 43.5 Å². The number of piperazine rings is 1. The highest BCUT2D eigenvalue weighted by molar-refractivity contribution is 5.82. The molecule has 2 aliphatic rings. The monoisotopic (exact) mass is 432 g/mol. The second kappa shape index (κ2) is 8.70. The van der Waals surface area contributed by atoms with Crippen LogP contribution in [0.3, 0.4) is 0 Å². The molecule has 1 aromatic carbocycles. The molecule has 0 bridgehead atoms. The summed E-state index contributed by atoms with van der Waals surface area (Å²) < 4.78 is 11.6. The van der Waals surface area contributed by atoms with E-state index in [0.717, 1.165) is 17.2 Å². The maximum Gasteiger partial charge on any atom is 0.267 e. The fourth-order valence-corrected chi connectivity index (χ4v) is 3.80. The molecule has 0 radical (unpaired) electrons. The maximum absolute atomic E-state index is 12.9. The summed E-state index contributed by atoms with van der Waals surface area (Å²) in [5.74, 6) is 3.39. The number of nitrogens with one attached hydrogen (secondary N) is 1. The van der Waals surface area contributed by atoms with Crippen molar-refractivity contribution in [3.63, 3.8) is 0 Å². The molecule has 1 N–H and O–H groups in total. The molecule has 2 aromatic heterocycles. The van der Waals surface area contributed by atoms with Crippen LogP contribution in [0.25, 0.3) is 0 Å². The summed E-state index contributed by atoms with van der Waals surface area (Å²) in [7, 11) is 0. The zero-order valence-corrected chi connectivity index (χ0v) is 17.8. The van der Waals surface area contributed by atoms with Crippen LogP contribution in [0.1, 0.15) is 5.56 Å². The topological polar surface area (TPSA) is 92.7 Å². The molecule has 1 fully saturated rings. The third-order valence-corrected chi connectivity index (χ3v) is 5.52. The molecule has 0 saturated carbocycles. The van der Waals surface area contributed by atoms with Crippen molar-refractivity contribution in [2.75, 3.05) is 43.0 Å². The van der Waals surface area contributed by atoms with Crippen LogP contribution in [0.5, 0.6) is 11.5 Å². The Morgan fingerprint density at radius 2 is 1.81 bits per heavy atom. The van der Waals surface area contributed by atoms with Gasteiger partial charge in [-0.1, -0.05) is 12.1 Å². The largest absolute Gasteiger partial charge is 0.485 e. The molecule has 0 aliphatic carbocycles. The van der Waals surface area contributed by atoms with E-state index >= 15 is 0 Å². The van der Waals surface area contributed by atoms with Gasteiger partial charge in [-0.3, -0.25) is 4.79 Å². The maximum atomic E-state index is 12.9.